The van der Waals surface area contributed by atoms with Crippen molar-refractivity contribution < 1.29 is 5.11 Å². The molecule has 4 heteroatoms. The lowest BCUT2D eigenvalue weighted by Crippen LogP contribution is -1.99. The molecule has 0 radical (unpaired) electrons. The van der Waals surface area contributed by atoms with Gasteiger partial charge in [-0.25, -0.2) is 4.98 Å². The van der Waals surface area contributed by atoms with E-state index >= 15 is 0 Å². The molecule has 1 aromatic carbocycles. The summed E-state index contributed by atoms with van der Waals surface area (Å²) in [5, 5.41) is 12.2. The summed E-state index contributed by atoms with van der Waals surface area (Å²) in [6, 6.07) is 7.79. The fourth-order valence-electron chi connectivity index (χ4n) is 1.41. The minimum atomic E-state index is 0.0915. The van der Waals surface area contributed by atoms with Crippen LogP contribution in [0, 0.1) is 6.92 Å². The molecule has 2 rings (SSSR count). The quantitative estimate of drug-likeness (QED) is 0.854. The topological polar surface area (TPSA) is 45.2 Å². The number of aliphatic hydroxyl groups excluding tert-OH is 1. The number of nitrogens with zero attached hydrogens (tertiary/aromatic N) is 1. The zero-order valence-corrected chi connectivity index (χ0v) is 9.92. The Hall–Kier alpha value is -1.39. The van der Waals surface area contributed by atoms with Gasteiger partial charge in [-0.15, -0.1) is 11.3 Å². The van der Waals surface area contributed by atoms with Crippen LogP contribution in [0.1, 0.15) is 16.1 Å². The number of aryl methyl sites for hydroxylation is 1. The van der Waals surface area contributed by atoms with Gasteiger partial charge in [0, 0.05) is 10.6 Å². The Balaban J connectivity index is 1.97. The van der Waals surface area contributed by atoms with Crippen LogP contribution in [-0.4, -0.2) is 10.1 Å². The standard InChI is InChI=1S/C12H14N2OS/c1-9-12(16-8-14-9)6-13-11-4-2-10(7-15)3-5-11/h2-5,8,13,15H,6-7H2,1H3. The molecule has 1 aromatic heterocycles. The third-order valence-corrected chi connectivity index (χ3v) is 3.37. The first-order valence-corrected chi connectivity index (χ1v) is 6.00. The zero-order chi connectivity index (χ0) is 11.4. The van der Waals surface area contributed by atoms with E-state index in [2.05, 4.69) is 10.3 Å². The smallest absolute Gasteiger partial charge is 0.0798 e. The van der Waals surface area contributed by atoms with E-state index in [9.17, 15) is 0 Å². The molecule has 0 bridgehead atoms. The molecule has 0 aliphatic carbocycles. The first-order valence-electron chi connectivity index (χ1n) is 5.12. The summed E-state index contributed by atoms with van der Waals surface area (Å²) in [5.74, 6) is 0. The van der Waals surface area contributed by atoms with E-state index in [4.69, 9.17) is 5.11 Å². The summed E-state index contributed by atoms with van der Waals surface area (Å²) < 4.78 is 0. The second-order valence-corrected chi connectivity index (χ2v) is 4.51. The van der Waals surface area contributed by atoms with E-state index in [0.717, 1.165) is 23.5 Å². The summed E-state index contributed by atoms with van der Waals surface area (Å²) in [6.45, 7) is 2.91. The molecule has 84 valence electrons. The molecule has 0 saturated heterocycles. The normalized spacial score (nSPS) is 10.4. The fourth-order valence-corrected chi connectivity index (χ4v) is 2.12. The average molecular weight is 234 g/mol. The second-order valence-electron chi connectivity index (χ2n) is 3.57. The number of thiazole rings is 1. The monoisotopic (exact) mass is 234 g/mol. The van der Waals surface area contributed by atoms with Crippen LogP contribution in [0.25, 0.3) is 0 Å². The van der Waals surface area contributed by atoms with Crippen molar-refractivity contribution in [3.8, 4) is 0 Å². The van der Waals surface area contributed by atoms with Gasteiger partial charge < -0.3 is 10.4 Å². The van der Waals surface area contributed by atoms with E-state index in [-0.39, 0.29) is 6.61 Å². The van der Waals surface area contributed by atoms with Crippen LogP contribution >= 0.6 is 11.3 Å². The van der Waals surface area contributed by atoms with E-state index in [1.165, 1.54) is 4.88 Å². The van der Waals surface area contributed by atoms with Crippen molar-refractivity contribution in [1.82, 2.24) is 4.98 Å². The number of hydrogen-bond donors (Lipinski definition) is 2. The minimum Gasteiger partial charge on any atom is -0.392 e. The zero-order valence-electron chi connectivity index (χ0n) is 9.10. The highest BCUT2D eigenvalue weighted by Crippen LogP contribution is 2.15. The van der Waals surface area contributed by atoms with Gasteiger partial charge in [-0.1, -0.05) is 12.1 Å². The van der Waals surface area contributed by atoms with Gasteiger partial charge in [0.25, 0.3) is 0 Å². The minimum absolute atomic E-state index is 0.0915. The Morgan fingerprint density at radius 3 is 2.62 bits per heavy atom. The molecule has 1 heterocycles. The summed E-state index contributed by atoms with van der Waals surface area (Å²) in [4.78, 5) is 5.46. The highest BCUT2D eigenvalue weighted by Gasteiger charge is 2.00. The molecule has 0 aliphatic heterocycles. The highest BCUT2D eigenvalue weighted by molar-refractivity contribution is 7.09. The van der Waals surface area contributed by atoms with Gasteiger partial charge in [0.1, 0.15) is 0 Å². The highest BCUT2D eigenvalue weighted by atomic mass is 32.1. The number of anilines is 1. The molecule has 0 aliphatic rings. The molecule has 0 saturated carbocycles. The first kappa shape index (κ1) is 11.1. The summed E-state index contributed by atoms with van der Waals surface area (Å²) >= 11 is 1.66. The van der Waals surface area contributed by atoms with Crippen molar-refractivity contribution in [3.05, 3.63) is 45.9 Å². The predicted octanol–water partition coefficient (Wildman–Crippen LogP) is 2.56. The van der Waals surface area contributed by atoms with Crippen LogP contribution in [0.3, 0.4) is 0 Å². The number of aliphatic hydroxyl groups is 1. The van der Waals surface area contributed by atoms with E-state index in [0.29, 0.717) is 0 Å². The van der Waals surface area contributed by atoms with Crippen molar-refractivity contribution in [2.24, 2.45) is 0 Å². The number of nitrogens with one attached hydrogen (secondary N) is 1. The van der Waals surface area contributed by atoms with Crippen molar-refractivity contribution in [3.63, 3.8) is 0 Å². The molecular formula is C12H14N2OS. The summed E-state index contributed by atoms with van der Waals surface area (Å²) in [7, 11) is 0. The van der Waals surface area contributed by atoms with Crippen LogP contribution in [0.5, 0.6) is 0 Å². The number of benzene rings is 1. The molecule has 3 nitrogen and oxygen atoms in total. The third-order valence-electron chi connectivity index (χ3n) is 2.43. The molecule has 2 aromatic rings. The lowest BCUT2D eigenvalue weighted by Gasteiger charge is -2.05. The maximum atomic E-state index is 8.92. The number of rotatable bonds is 4. The fraction of sp³-hybridized carbons (Fsp3) is 0.250. The number of hydrogen-bond acceptors (Lipinski definition) is 4. The van der Waals surface area contributed by atoms with Crippen LogP contribution < -0.4 is 5.32 Å². The molecule has 0 atom stereocenters. The molecular weight excluding hydrogens is 220 g/mol. The van der Waals surface area contributed by atoms with Gasteiger partial charge >= 0.3 is 0 Å². The SMILES string of the molecule is Cc1ncsc1CNc1ccc(CO)cc1. The van der Waals surface area contributed by atoms with Gasteiger partial charge in [-0.2, -0.15) is 0 Å². The summed E-state index contributed by atoms with van der Waals surface area (Å²) in [6.07, 6.45) is 0. The lowest BCUT2D eigenvalue weighted by molar-refractivity contribution is 0.282. The van der Waals surface area contributed by atoms with Crippen LogP contribution in [0.2, 0.25) is 0 Å². The molecule has 0 spiro atoms. The maximum absolute atomic E-state index is 8.92. The number of aromatic nitrogens is 1. The lowest BCUT2D eigenvalue weighted by atomic mass is 10.2. The Kier molecular flexibility index (Phi) is 3.54. The molecule has 0 amide bonds. The van der Waals surface area contributed by atoms with Crippen molar-refractivity contribution >= 4 is 17.0 Å². The molecule has 0 unspecified atom stereocenters. The Labute approximate surface area is 98.8 Å². The van der Waals surface area contributed by atoms with E-state index in [1.54, 1.807) is 11.3 Å². The third kappa shape index (κ3) is 2.59. The van der Waals surface area contributed by atoms with Gasteiger partial charge in [-0.05, 0) is 24.6 Å². The van der Waals surface area contributed by atoms with Gasteiger partial charge in [0.05, 0.1) is 24.4 Å². The van der Waals surface area contributed by atoms with Gasteiger partial charge in [0.15, 0.2) is 0 Å². The Morgan fingerprint density at radius 1 is 1.31 bits per heavy atom. The van der Waals surface area contributed by atoms with Crippen molar-refractivity contribution in [2.45, 2.75) is 20.1 Å². The van der Waals surface area contributed by atoms with E-state index in [1.807, 2.05) is 36.7 Å². The average Bonchev–Trinajstić information content (AvgIpc) is 2.73. The van der Waals surface area contributed by atoms with Crippen molar-refractivity contribution in [2.75, 3.05) is 5.32 Å². The predicted molar refractivity (Wildman–Crippen MR) is 66.5 cm³/mol. The van der Waals surface area contributed by atoms with Crippen LogP contribution in [0.4, 0.5) is 5.69 Å². The Morgan fingerprint density at radius 2 is 2.06 bits per heavy atom. The summed E-state index contributed by atoms with van der Waals surface area (Å²) in [5.41, 5.74) is 4.94. The largest absolute Gasteiger partial charge is 0.392 e. The molecule has 0 fully saturated rings. The molecule has 2 N–H and O–H groups in total. The Bertz CT molecular complexity index is 450. The van der Waals surface area contributed by atoms with Gasteiger partial charge in [-0.3, -0.25) is 0 Å². The van der Waals surface area contributed by atoms with Crippen molar-refractivity contribution in [1.29, 1.82) is 0 Å². The molecule has 16 heavy (non-hydrogen) atoms. The maximum Gasteiger partial charge on any atom is 0.0798 e. The van der Waals surface area contributed by atoms with Crippen LogP contribution in [-0.2, 0) is 13.2 Å². The second kappa shape index (κ2) is 5.09. The van der Waals surface area contributed by atoms with E-state index < -0.39 is 0 Å². The first-order chi connectivity index (χ1) is 7.79. The van der Waals surface area contributed by atoms with Gasteiger partial charge in [0.2, 0.25) is 0 Å². The van der Waals surface area contributed by atoms with Crippen LogP contribution in [0.15, 0.2) is 29.8 Å².